The van der Waals surface area contributed by atoms with Gasteiger partial charge >= 0.3 is 5.97 Å². The molecule has 1 fully saturated rings. The van der Waals surface area contributed by atoms with Crippen molar-refractivity contribution in [3.63, 3.8) is 0 Å². The standard InChI is InChI=1S/C19H15NO7S/c1-26-15-8-11(2-7-14(15)27-10-17(22)23)9-16-18(24)20(19(25)28-16)12-3-5-13(21)6-4-12/h2-9,21H,10H2,1H3,(H,22,23)/b16-9+. The minimum absolute atomic E-state index is 0.0311. The van der Waals surface area contributed by atoms with Gasteiger partial charge in [0.2, 0.25) is 0 Å². The smallest absolute Gasteiger partial charge is 0.341 e. The molecule has 0 aliphatic carbocycles. The van der Waals surface area contributed by atoms with Gasteiger partial charge in [0.25, 0.3) is 11.1 Å². The second kappa shape index (κ2) is 8.05. The molecule has 1 saturated heterocycles. The van der Waals surface area contributed by atoms with Crippen LogP contribution in [0.3, 0.4) is 0 Å². The topological polar surface area (TPSA) is 113 Å². The maximum atomic E-state index is 12.6. The predicted octanol–water partition coefficient (Wildman–Crippen LogP) is 3.11. The Balaban J connectivity index is 1.85. The van der Waals surface area contributed by atoms with Crippen LogP contribution in [-0.2, 0) is 9.59 Å². The largest absolute Gasteiger partial charge is 0.508 e. The second-order valence-corrected chi connectivity index (χ2v) is 6.62. The molecule has 3 rings (SSSR count). The molecule has 1 aliphatic rings. The molecule has 8 nitrogen and oxygen atoms in total. The zero-order valence-corrected chi connectivity index (χ0v) is 15.4. The Labute approximate surface area is 164 Å². The number of hydrogen-bond acceptors (Lipinski definition) is 7. The zero-order valence-electron chi connectivity index (χ0n) is 14.6. The summed E-state index contributed by atoms with van der Waals surface area (Å²) in [5, 5.41) is 17.6. The van der Waals surface area contributed by atoms with Gasteiger partial charge in [-0.15, -0.1) is 0 Å². The maximum absolute atomic E-state index is 12.6. The third kappa shape index (κ3) is 4.09. The number of amides is 2. The minimum Gasteiger partial charge on any atom is -0.508 e. The molecule has 0 atom stereocenters. The molecule has 9 heteroatoms. The molecule has 0 radical (unpaired) electrons. The van der Waals surface area contributed by atoms with Gasteiger partial charge in [-0.3, -0.25) is 9.59 Å². The van der Waals surface area contributed by atoms with Crippen molar-refractivity contribution in [2.45, 2.75) is 0 Å². The number of carbonyl (C=O) groups excluding carboxylic acids is 2. The van der Waals surface area contributed by atoms with Crippen molar-refractivity contribution in [1.82, 2.24) is 0 Å². The van der Waals surface area contributed by atoms with E-state index >= 15 is 0 Å². The van der Waals surface area contributed by atoms with E-state index in [4.69, 9.17) is 14.6 Å². The Bertz CT molecular complexity index is 969. The van der Waals surface area contributed by atoms with Crippen LogP contribution in [-0.4, -0.2) is 41.0 Å². The van der Waals surface area contributed by atoms with Crippen LogP contribution in [0, 0.1) is 0 Å². The highest BCUT2D eigenvalue weighted by Crippen LogP contribution is 2.37. The lowest BCUT2D eigenvalue weighted by Crippen LogP contribution is -2.27. The molecule has 1 aliphatic heterocycles. The first-order valence-corrected chi connectivity index (χ1v) is 8.80. The Morgan fingerprint density at radius 3 is 2.50 bits per heavy atom. The van der Waals surface area contributed by atoms with E-state index in [1.165, 1.54) is 43.5 Å². The molecule has 2 aromatic carbocycles. The molecule has 0 saturated carbocycles. The summed E-state index contributed by atoms with van der Waals surface area (Å²) in [4.78, 5) is 36.8. The van der Waals surface area contributed by atoms with Gasteiger partial charge in [0, 0.05) is 0 Å². The number of aromatic hydroxyl groups is 1. The molecule has 2 N–H and O–H groups in total. The summed E-state index contributed by atoms with van der Waals surface area (Å²) in [6, 6.07) is 10.5. The summed E-state index contributed by atoms with van der Waals surface area (Å²) in [7, 11) is 1.41. The number of carboxylic acids is 1. The highest BCUT2D eigenvalue weighted by Gasteiger charge is 2.36. The van der Waals surface area contributed by atoms with Crippen molar-refractivity contribution in [1.29, 1.82) is 0 Å². The highest BCUT2D eigenvalue weighted by molar-refractivity contribution is 8.19. The van der Waals surface area contributed by atoms with Crippen molar-refractivity contribution >= 4 is 40.6 Å². The molecule has 28 heavy (non-hydrogen) atoms. The van der Waals surface area contributed by atoms with Crippen LogP contribution < -0.4 is 14.4 Å². The summed E-state index contributed by atoms with van der Waals surface area (Å²) in [5.74, 6) is -1.02. The van der Waals surface area contributed by atoms with Gasteiger partial charge in [-0.1, -0.05) is 6.07 Å². The highest BCUT2D eigenvalue weighted by atomic mass is 32.2. The number of benzene rings is 2. The van der Waals surface area contributed by atoms with Gasteiger partial charge < -0.3 is 19.7 Å². The molecule has 0 bridgehead atoms. The Kier molecular flexibility index (Phi) is 5.55. The fourth-order valence-corrected chi connectivity index (χ4v) is 3.32. The van der Waals surface area contributed by atoms with Crippen LogP contribution in [0.5, 0.6) is 17.2 Å². The van der Waals surface area contributed by atoms with Gasteiger partial charge in [0.05, 0.1) is 17.7 Å². The average molecular weight is 401 g/mol. The first-order valence-electron chi connectivity index (χ1n) is 7.98. The molecule has 144 valence electrons. The summed E-state index contributed by atoms with van der Waals surface area (Å²) >= 11 is 0.794. The lowest BCUT2D eigenvalue weighted by molar-refractivity contribution is -0.139. The SMILES string of the molecule is COc1cc(/C=C2/SC(=O)N(c3ccc(O)cc3)C2=O)ccc1OCC(=O)O. The molecule has 2 aromatic rings. The molecule has 2 amide bonds. The average Bonchev–Trinajstić information content (AvgIpc) is 2.94. The van der Waals surface area contributed by atoms with Crippen LogP contribution in [0.4, 0.5) is 10.5 Å². The predicted molar refractivity (Wildman–Crippen MR) is 103 cm³/mol. The molecule has 0 spiro atoms. The van der Waals surface area contributed by atoms with Crippen molar-refractivity contribution in [3.05, 3.63) is 52.9 Å². The second-order valence-electron chi connectivity index (χ2n) is 5.63. The van der Waals surface area contributed by atoms with Gasteiger partial charge in [-0.2, -0.15) is 0 Å². The van der Waals surface area contributed by atoms with Crippen molar-refractivity contribution in [3.8, 4) is 17.2 Å². The van der Waals surface area contributed by atoms with Gasteiger partial charge in [-0.25, -0.2) is 9.69 Å². The van der Waals surface area contributed by atoms with E-state index in [2.05, 4.69) is 0 Å². The Hall–Kier alpha value is -3.46. The number of nitrogens with zero attached hydrogens (tertiary/aromatic N) is 1. The van der Waals surface area contributed by atoms with Crippen LogP contribution >= 0.6 is 11.8 Å². The van der Waals surface area contributed by atoms with E-state index in [0.29, 0.717) is 17.0 Å². The number of carboxylic acid groups (broad SMARTS) is 1. The number of rotatable bonds is 6. The number of phenolic OH excluding ortho intramolecular Hbond substituents is 1. The number of anilines is 1. The van der Waals surface area contributed by atoms with Crippen LogP contribution in [0.2, 0.25) is 0 Å². The fourth-order valence-electron chi connectivity index (χ4n) is 2.48. The van der Waals surface area contributed by atoms with E-state index in [-0.39, 0.29) is 16.4 Å². The quantitative estimate of drug-likeness (QED) is 0.710. The van der Waals surface area contributed by atoms with Crippen LogP contribution in [0.1, 0.15) is 5.56 Å². The van der Waals surface area contributed by atoms with E-state index in [1.807, 2.05) is 0 Å². The number of phenols is 1. The van der Waals surface area contributed by atoms with Gasteiger partial charge in [0.15, 0.2) is 18.1 Å². The van der Waals surface area contributed by atoms with Crippen molar-refractivity contribution in [2.24, 2.45) is 0 Å². The first kappa shape index (κ1) is 19.3. The molecular formula is C19H15NO7S. The van der Waals surface area contributed by atoms with E-state index in [1.54, 1.807) is 12.1 Å². The number of methoxy groups -OCH3 is 1. The summed E-state index contributed by atoms with van der Waals surface area (Å²) in [5.41, 5.74) is 0.939. The van der Waals surface area contributed by atoms with Gasteiger partial charge in [-0.05, 0) is 59.8 Å². The Morgan fingerprint density at radius 1 is 1.14 bits per heavy atom. The van der Waals surface area contributed by atoms with Crippen LogP contribution in [0.15, 0.2) is 47.4 Å². The summed E-state index contributed by atoms with van der Waals surface area (Å²) in [6.45, 7) is -0.513. The van der Waals surface area contributed by atoms with Crippen molar-refractivity contribution < 1.29 is 34.1 Å². The molecule has 0 unspecified atom stereocenters. The minimum atomic E-state index is -1.12. The number of aliphatic carboxylic acids is 1. The van der Waals surface area contributed by atoms with E-state index in [9.17, 15) is 19.5 Å². The zero-order chi connectivity index (χ0) is 20.3. The third-order valence-electron chi connectivity index (χ3n) is 3.74. The number of ether oxygens (including phenoxy) is 2. The monoisotopic (exact) mass is 401 g/mol. The maximum Gasteiger partial charge on any atom is 0.341 e. The number of hydrogen-bond donors (Lipinski definition) is 2. The van der Waals surface area contributed by atoms with E-state index < -0.39 is 23.7 Å². The Morgan fingerprint density at radius 2 is 1.86 bits per heavy atom. The first-order chi connectivity index (χ1) is 13.4. The van der Waals surface area contributed by atoms with Gasteiger partial charge in [0.1, 0.15) is 5.75 Å². The summed E-state index contributed by atoms with van der Waals surface area (Å²) < 4.78 is 10.3. The normalized spacial score (nSPS) is 15.2. The number of imide groups is 1. The van der Waals surface area contributed by atoms with E-state index in [0.717, 1.165) is 16.7 Å². The lowest BCUT2D eigenvalue weighted by Gasteiger charge is -2.12. The third-order valence-corrected chi connectivity index (χ3v) is 4.61. The summed E-state index contributed by atoms with van der Waals surface area (Å²) in [6.07, 6.45) is 1.54. The number of thioether (sulfide) groups is 1. The molecule has 1 heterocycles. The molecule has 0 aromatic heterocycles. The fraction of sp³-hybridized carbons (Fsp3) is 0.105. The lowest BCUT2D eigenvalue weighted by atomic mass is 10.2. The van der Waals surface area contributed by atoms with Crippen LogP contribution in [0.25, 0.3) is 6.08 Å². The number of carbonyl (C=O) groups is 3. The molecular weight excluding hydrogens is 386 g/mol. The van der Waals surface area contributed by atoms with Crippen molar-refractivity contribution in [2.75, 3.05) is 18.6 Å².